The quantitative estimate of drug-likeness (QED) is 0.745. The summed E-state index contributed by atoms with van der Waals surface area (Å²) in [6.07, 6.45) is 3.09. The van der Waals surface area contributed by atoms with Gasteiger partial charge in [-0.3, -0.25) is 4.79 Å². The third kappa shape index (κ3) is 5.19. The van der Waals surface area contributed by atoms with E-state index in [4.69, 9.17) is 0 Å². The minimum absolute atomic E-state index is 0.131. The van der Waals surface area contributed by atoms with Gasteiger partial charge in [-0.25, -0.2) is 0 Å². The lowest BCUT2D eigenvalue weighted by atomic mass is 9.84. The standard InChI is InChI=1S/C13H27NO/c1-7-9-11(13(4,5)6)14-12(15)10(3)8-2/h10-11H,7-9H2,1-6H3,(H,14,15). The molecular weight excluding hydrogens is 186 g/mol. The Labute approximate surface area is 94.8 Å². The molecular formula is C13H27NO. The van der Waals surface area contributed by atoms with E-state index in [2.05, 4.69) is 39.9 Å². The van der Waals surface area contributed by atoms with Crippen LogP contribution in [0.3, 0.4) is 0 Å². The summed E-state index contributed by atoms with van der Waals surface area (Å²) in [5.41, 5.74) is 0.152. The molecule has 0 aromatic rings. The summed E-state index contributed by atoms with van der Waals surface area (Å²) in [5.74, 6) is 0.331. The van der Waals surface area contributed by atoms with Crippen molar-refractivity contribution < 1.29 is 4.79 Å². The van der Waals surface area contributed by atoms with E-state index in [9.17, 15) is 4.79 Å². The molecule has 2 unspecified atom stereocenters. The Balaban J connectivity index is 4.35. The molecule has 0 heterocycles. The zero-order chi connectivity index (χ0) is 12.1. The van der Waals surface area contributed by atoms with Crippen LogP contribution in [0.15, 0.2) is 0 Å². The largest absolute Gasteiger partial charge is 0.353 e. The highest BCUT2D eigenvalue weighted by Gasteiger charge is 2.26. The molecule has 15 heavy (non-hydrogen) atoms. The van der Waals surface area contributed by atoms with Crippen molar-refractivity contribution in [3.8, 4) is 0 Å². The molecule has 0 radical (unpaired) electrons. The van der Waals surface area contributed by atoms with Crippen LogP contribution in [0.2, 0.25) is 0 Å². The van der Waals surface area contributed by atoms with E-state index in [1.165, 1.54) is 0 Å². The molecule has 1 amide bonds. The Morgan fingerprint density at radius 2 is 1.80 bits per heavy atom. The molecule has 0 rings (SSSR count). The highest BCUT2D eigenvalue weighted by molar-refractivity contribution is 5.78. The van der Waals surface area contributed by atoms with Gasteiger partial charge < -0.3 is 5.32 Å². The molecule has 0 aromatic carbocycles. The summed E-state index contributed by atoms with van der Waals surface area (Å²) < 4.78 is 0. The van der Waals surface area contributed by atoms with Crippen LogP contribution in [0, 0.1) is 11.3 Å². The summed E-state index contributed by atoms with van der Waals surface area (Å²) in [4.78, 5) is 11.8. The smallest absolute Gasteiger partial charge is 0.223 e. The van der Waals surface area contributed by atoms with E-state index in [0.717, 1.165) is 19.3 Å². The number of nitrogens with one attached hydrogen (secondary N) is 1. The van der Waals surface area contributed by atoms with Gasteiger partial charge >= 0.3 is 0 Å². The van der Waals surface area contributed by atoms with Crippen molar-refractivity contribution in [2.75, 3.05) is 0 Å². The second-order valence-electron chi connectivity index (χ2n) is 5.53. The number of carbonyl (C=O) groups excluding carboxylic acids is 1. The third-order valence-corrected chi connectivity index (χ3v) is 3.00. The lowest BCUT2D eigenvalue weighted by Gasteiger charge is -2.32. The van der Waals surface area contributed by atoms with Gasteiger partial charge in [0.15, 0.2) is 0 Å². The van der Waals surface area contributed by atoms with Crippen LogP contribution >= 0.6 is 0 Å². The zero-order valence-corrected chi connectivity index (χ0v) is 11.2. The summed E-state index contributed by atoms with van der Waals surface area (Å²) in [7, 11) is 0. The Kier molecular flexibility index (Phi) is 5.92. The van der Waals surface area contributed by atoms with Crippen molar-refractivity contribution >= 4 is 5.91 Å². The normalized spacial score (nSPS) is 15.9. The van der Waals surface area contributed by atoms with Crippen molar-refractivity contribution in [3.05, 3.63) is 0 Å². The van der Waals surface area contributed by atoms with Gasteiger partial charge in [-0.2, -0.15) is 0 Å². The number of amides is 1. The first-order valence-corrected chi connectivity index (χ1v) is 6.13. The summed E-state index contributed by atoms with van der Waals surface area (Å²) in [6.45, 7) is 12.8. The fourth-order valence-electron chi connectivity index (χ4n) is 1.51. The average Bonchev–Trinajstić information content (AvgIpc) is 2.14. The van der Waals surface area contributed by atoms with Crippen molar-refractivity contribution in [1.29, 1.82) is 0 Å². The Hall–Kier alpha value is -0.530. The van der Waals surface area contributed by atoms with Gasteiger partial charge in [-0.1, -0.05) is 48.0 Å². The Bertz CT molecular complexity index is 193. The van der Waals surface area contributed by atoms with Gasteiger partial charge in [-0.05, 0) is 18.3 Å². The molecule has 90 valence electrons. The molecule has 0 bridgehead atoms. The number of hydrogen-bond donors (Lipinski definition) is 1. The first-order valence-electron chi connectivity index (χ1n) is 6.13. The van der Waals surface area contributed by atoms with Gasteiger partial charge in [0.05, 0.1) is 0 Å². The maximum Gasteiger partial charge on any atom is 0.223 e. The molecule has 1 N–H and O–H groups in total. The van der Waals surface area contributed by atoms with Gasteiger partial charge in [0.25, 0.3) is 0 Å². The van der Waals surface area contributed by atoms with E-state index in [1.54, 1.807) is 0 Å². The minimum Gasteiger partial charge on any atom is -0.353 e. The molecule has 2 heteroatoms. The molecule has 0 fully saturated rings. The molecule has 0 aromatic heterocycles. The Morgan fingerprint density at radius 1 is 1.27 bits per heavy atom. The van der Waals surface area contributed by atoms with Gasteiger partial charge in [0.2, 0.25) is 5.91 Å². The van der Waals surface area contributed by atoms with Crippen molar-refractivity contribution in [3.63, 3.8) is 0 Å². The Morgan fingerprint density at radius 3 is 2.13 bits per heavy atom. The molecule has 0 saturated heterocycles. The van der Waals surface area contributed by atoms with Gasteiger partial charge in [-0.15, -0.1) is 0 Å². The molecule has 0 aliphatic heterocycles. The maximum atomic E-state index is 11.8. The van der Waals surface area contributed by atoms with Gasteiger partial charge in [0.1, 0.15) is 0 Å². The summed E-state index contributed by atoms with van der Waals surface area (Å²) in [5, 5.41) is 3.17. The van der Waals surface area contributed by atoms with Crippen LogP contribution in [-0.4, -0.2) is 11.9 Å². The fourth-order valence-corrected chi connectivity index (χ4v) is 1.51. The lowest BCUT2D eigenvalue weighted by molar-refractivity contribution is -0.126. The van der Waals surface area contributed by atoms with E-state index in [-0.39, 0.29) is 17.2 Å². The number of hydrogen-bond acceptors (Lipinski definition) is 1. The SMILES string of the molecule is CCCC(NC(=O)C(C)CC)C(C)(C)C. The topological polar surface area (TPSA) is 29.1 Å². The minimum atomic E-state index is 0.131. The monoisotopic (exact) mass is 213 g/mol. The van der Waals surface area contributed by atoms with E-state index >= 15 is 0 Å². The van der Waals surface area contributed by atoms with E-state index < -0.39 is 0 Å². The molecule has 0 saturated carbocycles. The van der Waals surface area contributed by atoms with Crippen LogP contribution in [0.25, 0.3) is 0 Å². The zero-order valence-electron chi connectivity index (χ0n) is 11.2. The van der Waals surface area contributed by atoms with Crippen molar-refractivity contribution in [2.24, 2.45) is 11.3 Å². The molecule has 0 spiro atoms. The van der Waals surface area contributed by atoms with Crippen LogP contribution in [-0.2, 0) is 4.79 Å². The molecule has 0 aliphatic carbocycles. The molecule has 2 atom stereocenters. The fraction of sp³-hybridized carbons (Fsp3) is 0.923. The predicted molar refractivity (Wildman–Crippen MR) is 65.7 cm³/mol. The van der Waals surface area contributed by atoms with Gasteiger partial charge in [0, 0.05) is 12.0 Å². The van der Waals surface area contributed by atoms with Crippen molar-refractivity contribution in [1.82, 2.24) is 5.32 Å². The predicted octanol–water partition coefficient (Wildman–Crippen LogP) is 3.36. The highest BCUT2D eigenvalue weighted by atomic mass is 16.1. The lowest BCUT2D eigenvalue weighted by Crippen LogP contribution is -2.45. The highest BCUT2D eigenvalue weighted by Crippen LogP contribution is 2.23. The van der Waals surface area contributed by atoms with E-state index in [1.807, 2.05) is 6.92 Å². The summed E-state index contributed by atoms with van der Waals surface area (Å²) >= 11 is 0. The second-order valence-corrected chi connectivity index (χ2v) is 5.53. The first kappa shape index (κ1) is 14.5. The third-order valence-electron chi connectivity index (χ3n) is 3.00. The number of rotatable bonds is 5. The van der Waals surface area contributed by atoms with Crippen LogP contribution < -0.4 is 5.32 Å². The maximum absolute atomic E-state index is 11.8. The molecule has 2 nitrogen and oxygen atoms in total. The molecule has 0 aliphatic rings. The summed E-state index contributed by atoms with van der Waals surface area (Å²) in [6, 6.07) is 0.295. The van der Waals surface area contributed by atoms with Crippen LogP contribution in [0.4, 0.5) is 0 Å². The van der Waals surface area contributed by atoms with Crippen LogP contribution in [0.1, 0.15) is 60.8 Å². The number of carbonyl (C=O) groups is 1. The average molecular weight is 213 g/mol. The first-order chi connectivity index (χ1) is 6.82. The second kappa shape index (κ2) is 6.14. The van der Waals surface area contributed by atoms with E-state index in [0.29, 0.717) is 6.04 Å². The van der Waals surface area contributed by atoms with Crippen LogP contribution in [0.5, 0.6) is 0 Å². The van der Waals surface area contributed by atoms with Crippen molar-refractivity contribution in [2.45, 2.75) is 66.8 Å².